The summed E-state index contributed by atoms with van der Waals surface area (Å²) in [6.45, 7) is 3.08. The van der Waals surface area contributed by atoms with Gasteiger partial charge in [0.25, 0.3) is 5.91 Å². The second kappa shape index (κ2) is 5.51. The number of hydrogen-bond acceptors (Lipinski definition) is 3. The Morgan fingerprint density at radius 1 is 1.32 bits per heavy atom. The fraction of sp³-hybridized carbons (Fsp3) is 0.308. The maximum atomic E-state index is 12.0. The van der Waals surface area contributed by atoms with Gasteiger partial charge in [-0.05, 0) is 31.5 Å². The van der Waals surface area contributed by atoms with Crippen LogP contribution in [0.5, 0.6) is 0 Å². The molecule has 1 aromatic rings. The van der Waals surface area contributed by atoms with Crippen molar-refractivity contribution in [3.05, 3.63) is 35.4 Å². The topological polar surface area (TPSA) is 109 Å². The van der Waals surface area contributed by atoms with Crippen LogP contribution in [0.4, 0.5) is 0 Å². The number of carboxylic acids is 1. The summed E-state index contributed by atoms with van der Waals surface area (Å²) < 4.78 is 0. The Bertz CT molecular complexity index is 527. The summed E-state index contributed by atoms with van der Waals surface area (Å²) in [6, 6.07) is 5.81. The fourth-order valence-electron chi connectivity index (χ4n) is 1.43. The molecule has 0 bridgehead atoms. The second-order valence-corrected chi connectivity index (χ2v) is 4.39. The fourth-order valence-corrected chi connectivity index (χ4v) is 1.43. The predicted molar refractivity (Wildman–Crippen MR) is 68.8 cm³/mol. The van der Waals surface area contributed by atoms with Crippen molar-refractivity contribution in [1.29, 1.82) is 0 Å². The smallest absolute Gasteiger partial charge is 0.329 e. The highest BCUT2D eigenvalue weighted by Crippen LogP contribution is 2.12. The molecule has 1 unspecified atom stereocenters. The zero-order valence-corrected chi connectivity index (χ0v) is 10.8. The molecule has 0 saturated heterocycles. The lowest BCUT2D eigenvalue weighted by atomic mass is 9.98. The summed E-state index contributed by atoms with van der Waals surface area (Å²) >= 11 is 0. The van der Waals surface area contributed by atoms with Crippen molar-refractivity contribution in [2.45, 2.75) is 25.8 Å². The number of primary amides is 1. The average Bonchev–Trinajstić information content (AvgIpc) is 2.38. The third-order valence-corrected chi connectivity index (χ3v) is 2.98. The third kappa shape index (κ3) is 3.31. The van der Waals surface area contributed by atoms with E-state index in [0.29, 0.717) is 0 Å². The number of carbonyl (C=O) groups excluding carboxylic acids is 2. The molecule has 6 heteroatoms. The summed E-state index contributed by atoms with van der Waals surface area (Å²) in [5.41, 5.74) is 4.16. The Balaban J connectivity index is 2.98. The highest BCUT2D eigenvalue weighted by atomic mass is 16.4. The van der Waals surface area contributed by atoms with E-state index in [1.165, 1.54) is 31.2 Å². The molecule has 6 nitrogen and oxygen atoms in total. The highest BCUT2D eigenvalue weighted by Gasteiger charge is 2.33. The lowest BCUT2D eigenvalue weighted by Crippen LogP contribution is -2.51. The first kappa shape index (κ1) is 14.7. The van der Waals surface area contributed by atoms with Crippen LogP contribution in [0.1, 0.15) is 41.0 Å². The molecule has 19 heavy (non-hydrogen) atoms. The lowest BCUT2D eigenvalue weighted by Gasteiger charge is -2.24. The number of carbonyl (C=O) groups is 3. The molecule has 0 aliphatic carbocycles. The quantitative estimate of drug-likeness (QED) is 0.729. The SMILES string of the molecule is CCC(C)(NC(=O)c1cccc(C(N)=O)c1)C(=O)O. The summed E-state index contributed by atoms with van der Waals surface area (Å²) in [6.07, 6.45) is 0.240. The monoisotopic (exact) mass is 264 g/mol. The van der Waals surface area contributed by atoms with Crippen LogP contribution in [-0.4, -0.2) is 28.4 Å². The molecule has 102 valence electrons. The lowest BCUT2D eigenvalue weighted by molar-refractivity contribution is -0.143. The number of nitrogens with two attached hydrogens (primary N) is 1. The van der Waals surface area contributed by atoms with E-state index in [9.17, 15) is 14.4 Å². The molecule has 1 rings (SSSR count). The first-order valence-electron chi connectivity index (χ1n) is 5.76. The van der Waals surface area contributed by atoms with E-state index < -0.39 is 23.3 Å². The molecule has 0 saturated carbocycles. The number of nitrogens with one attached hydrogen (secondary N) is 1. The summed E-state index contributed by atoms with van der Waals surface area (Å²) in [5.74, 6) is -2.32. The van der Waals surface area contributed by atoms with Crippen LogP contribution in [0.15, 0.2) is 24.3 Å². The van der Waals surface area contributed by atoms with Gasteiger partial charge in [-0.3, -0.25) is 9.59 Å². The van der Waals surface area contributed by atoms with Crippen molar-refractivity contribution >= 4 is 17.8 Å². The maximum Gasteiger partial charge on any atom is 0.329 e. The van der Waals surface area contributed by atoms with Crippen molar-refractivity contribution in [1.82, 2.24) is 5.32 Å². The molecule has 0 spiro atoms. The minimum absolute atomic E-state index is 0.192. The normalized spacial score (nSPS) is 13.4. The van der Waals surface area contributed by atoms with Gasteiger partial charge < -0.3 is 16.2 Å². The second-order valence-electron chi connectivity index (χ2n) is 4.39. The van der Waals surface area contributed by atoms with Crippen molar-refractivity contribution in [2.24, 2.45) is 5.73 Å². The van der Waals surface area contributed by atoms with Crippen LogP contribution in [0, 0.1) is 0 Å². The van der Waals surface area contributed by atoms with Crippen LogP contribution in [0.25, 0.3) is 0 Å². The Labute approximate surface area is 110 Å². The van der Waals surface area contributed by atoms with E-state index in [-0.39, 0.29) is 17.5 Å². The highest BCUT2D eigenvalue weighted by molar-refractivity contribution is 6.00. The van der Waals surface area contributed by atoms with Gasteiger partial charge in [0.2, 0.25) is 5.91 Å². The van der Waals surface area contributed by atoms with Crippen molar-refractivity contribution in [2.75, 3.05) is 0 Å². The van der Waals surface area contributed by atoms with Crippen LogP contribution in [0.2, 0.25) is 0 Å². The minimum atomic E-state index is -1.35. The summed E-state index contributed by atoms with van der Waals surface area (Å²) in [7, 11) is 0. The number of aliphatic carboxylic acids is 1. The van der Waals surface area contributed by atoms with Gasteiger partial charge in [-0.25, -0.2) is 4.79 Å². The van der Waals surface area contributed by atoms with E-state index in [1.54, 1.807) is 6.92 Å². The van der Waals surface area contributed by atoms with E-state index in [2.05, 4.69) is 5.32 Å². The molecule has 0 fully saturated rings. The first-order chi connectivity index (χ1) is 8.80. The van der Waals surface area contributed by atoms with Gasteiger partial charge in [0.1, 0.15) is 5.54 Å². The number of carboxylic acid groups (broad SMARTS) is 1. The number of benzene rings is 1. The van der Waals surface area contributed by atoms with Gasteiger partial charge in [0.15, 0.2) is 0 Å². The van der Waals surface area contributed by atoms with Crippen LogP contribution >= 0.6 is 0 Å². The standard InChI is InChI=1S/C13H16N2O4/c1-3-13(2,12(18)19)15-11(17)9-6-4-5-8(7-9)10(14)16/h4-7H,3H2,1-2H3,(H2,14,16)(H,15,17)(H,18,19). The number of rotatable bonds is 5. The van der Waals surface area contributed by atoms with Crippen molar-refractivity contribution in [3.8, 4) is 0 Å². The largest absolute Gasteiger partial charge is 0.480 e. The molecule has 2 amide bonds. The molecule has 1 aromatic carbocycles. The Kier molecular flexibility index (Phi) is 4.26. The van der Waals surface area contributed by atoms with Crippen molar-refractivity contribution in [3.63, 3.8) is 0 Å². The van der Waals surface area contributed by atoms with E-state index in [1.807, 2.05) is 0 Å². The molecule has 0 heterocycles. The number of hydrogen-bond donors (Lipinski definition) is 3. The molecule has 0 radical (unpaired) electrons. The van der Waals surface area contributed by atoms with Gasteiger partial charge in [-0.1, -0.05) is 13.0 Å². The van der Waals surface area contributed by atoms with E-state index in [4.69, 9.17) is 10.8 Å². The molecular formula is C13H16N2O4. The van der Waals surface area contributed by atoms with Crippen LogP contribution in [-0.2, 0) is 4.79 Å². The Morgan fingerprint density at radius 2 is 1.89 bits per heavy atom. The van der Waals surface area contributed by atoms with Gasteiger partial charge in [0, 0.05) is 11.1 Å². The van der Waals surface area contributed by atoms with Crippen molar-refractivity contribution < 1.29 is 19.5 Å². The molecule has 0 aliphatic rings. The predicted octanol–water partition coefficient (Wildman–Crippen LogP) is 0.769. The Morgan fingerprint density at radius 3 is 2.37 bits per heavy atom. The molecule has 0 aliphatic heterocycles. The van der Waals surface area contributed by atoms with E-state index in [0.717, 1.165) is 0 Å². The maximum absolute atomic E-state index is 12.0. The summed E-state index contributed by atoms with van der Waals surface area (Å²) in [4.78, 5) is 34.1. The van der Waals surface area contributed by atoms with E-state index >= 15 is 0 Å². The van der Waals surface area contributed by atoms with Gasteiger partial charge in [-0.2, -0.15) is 0 Å². The molecule has 1 atom stereocenters. The average molecular weight is 264 g/mol. The van der Waals surface area contributed by atoms with Gasteiger partial charge >= 0.3 is 5.97 Å². The third-order valence-electron chi connectivity index (χ3n) is 2.98. The molecular weight excluding hydrogens is 248 g/mol. The zero-order chi connectivity index (χ0) is 14.6. The zero-order valence-electron chi connectivity index (χ0n) is 10.8. The van der Waals surface area contributed by atoms with Crippen LogP contribution in [0.3, 0.4) is 0 Å². The minimum Gasteiger partial charge on any atom is -0.480 e. The summed E-state index contributed by atoms with van der Waals surface area (Å²) in [5, 5.41) is 11.5. The first-order valence-corrected chi connectivity index (χ1v) is 5.76. The molecule has 4 N–H and O–H groups in total. The van der Waals surface area contributed by atoms with Gasteiger partial charge in [-0.15, -0.1) is 0 Å². The number of amides is 2. The Hall–Kier alpha value is -2.37. The molecule has 0 aromatic heterocycles. The van der Waals surface area contributed by atoms with Crippen LogP contribution < -0.4 is 11.1 Å². The van der Waals surface area contributed by atoms with Gasteiger partial charge in [0.05, 0.1) is 0 Å².